The maximum atomic E-state index is 12.3. The van der Waals surface area contributed by atoms with E-state index < -0.39 is 5.63 Å². The van der Waals surface area contributed by atoms with Gasteiger partial charge in [-0.05, 0) is 43.4 Å². The lowest BCUT2D eigenvalue weighted by Crippen LogP contribution is -2.47. The molecule has 0 saturated carbocycles. The van der Waals surface area contributed by atoms with E-state index in [9.17, 15) is 9.59 Å². The Labute approximate surface area is 180 Å². The normalized spacial score (nSPS) is 15.0. The molecular weight excluding hydrogens is 398 g/mol. The van der Waals surface area contributed by atoms with E-state index in [0.717, 1.165) is 26.2 Å². The number of hydrogen-bond acceptors (Lipinski definition) is 7. The summed E-state index contributed by atoms with van der Waals surface area (Å²) in [5, 5.41) is 3.57. The van der Waals surface area contributed by atoms with Gasteiger partial charge in [0, 0.05) is 37.9 Å². The first-order chi connectivity index (χ1) is 15.0. The third-order valence-electron chi connectivity index (χ3n) is 5.24. The van der Waals surface area contributed by atoms with Crippen molar-refractivity contribution in [2.75, 3.05) is 52.2 Å². The standard InChI is InChI=1S/C23H25N3O5/c1-25-9-11-26(12-10-25)15-22(27)24-16-3-5-17(6-4-16)30-21-14-23(28)31-20-13-18(29-2)7-8-19(20)21/h3-8,13-14H,9-12,15H2,1-2H3,(H,24,27). The van der Waals surface area contributed by atoms with Crippen molar-refractivity contribution in [3.8, 4) is 17.2 Å². The summed E-state index contributed by atoms with van der Waals surface area (Å²) in [5.41, 5.74) is 0.562. The SMILES string of the molecule is COc1ccc2c(Oc3ccc(NC(=O)CN4CCN(C)CC4)cc3)cc(=O)oc2c1. The van der Waals surface area contributed by atoms with Gasteiger partial charge in [0.05, 0.1) is 25.1 Å². The Balaban J connectivity index is 1.42. The Morgan fingerprint density at radius 2 is 1.74 bits per heavy atom. The molecule has 3 aromatic rings. The third-order valence-corrected chi connectivity index (χ3v) is 5.24. The first-order valence-corrected chi connectivity index (χ1v) is 10.1. The molecule has 1 aromatic heterocycles. The number of nitrogens with one attached hydrogen (secondary N) is 1. The summed E-state index contributed by atoms with van der Waals surface area (Å²) in [6.07, 6.45) is 0. The fraction of sp³-hybridized carbons (Fsp3) is 0.304. The van der Waals surface area contributed by atoms with Crippen LogP contribution in [0.1, 0.15) is 0 Å². The zero-order chi connectivity index (χ0) is 21.8. The Morgan fingerprint density at radius 3 is 2.45 bits per heavy atom. The van der Waals surface area contributed by atoms with Crippen molar-refractivity contribution in [1.82, 2.24) is 9.80 Å². The number of anilines is 1. The van der Waals surface area contributed by atoms with E-state index in [2.05, 4.69) is 22.2 Å². The van der Waals surface area contributed by atoms with Gasteiger partial charge >= 0.3 is 5.63 Å². The molecule has 31 heavy (non-hydrogen) atoms. The number of amides is 1. The fourth-order valence-electron chi connectivity index (χ4n) is 3.47. The van der Waals surface area contributed by atoms with Crippen LogP contribution in [0.15, 0.2) is 57.7 Å². The van der Waals surface area contributed by atoms with Gasteiger partial charge < -0.3 is 24.1 Å². The molecule has 0 radical (unpaired) electrons. The van der Waals surface area contributed by atoms with E-state index in [0.29, 0.717) is 40.4 Å². The van der Waals surface area contributed by atoms with Gasteiger partial charge in [-0.15, -0.1) is 0 Å². The molecule has 162 valence electrons. The Hall–Kier alpha value is -3.36. The average molecular weight is 423 g/mol. The number of carbonyl (C=O) groups excluding carboxylic acids is 1. The molecule has 2 heterocycles. The highest BCUT2D eigenvalue weighted by atomic mass is 16.5. The Kier molecular flexibility index (Phi) is 6.20. The van der Waals surface area contributed by atoms with Crippen molar-refractivity contribution in [2.45, 2.75) is 0 Å². The zero-order valence-corrected chi connectivity index (χ0v) is 17.6. The monoisotopic (exact) mass is 423 g/mol. The molecule has 8 heteroatoms. The van der Waals surface area contributed by atoms with Gasteiger partial charge in [0.1, 0.15) is 22.8 Å². The molecule has 0 unspecified atom stereocenters. The molecule has 8 nitrogen and oxygen atoms in total. The number of hydrogen-bond donors (Lipinski definition) is 1. The number of nitrogens with zero attached hydrogens (tertiary/aromatic N) is 2. The highest BCUT2D eigenvalue weighted by Gasteiger charge is 2.16. The second-order valence-electron chi connectivity index (χ2n) is 7.55. The summed E-state index contributed by atoms with van der Waals surface area (Å²) in [6.45, 7) is 4.10. The van der Waals surface area contributed by atoms with Gasteiger partial charge in [-0.25, -0.2) is 4.79 Å². The van der Waals surface area contributed by atoms with Crippen LogP contribution in [-0.2, 0) is 4.79 Å². The van der Waals surface area contributed by atoms with E-state index in [-0.39, 0.29) is 5.91 Å². The lowest BCUT2D eigenvalue weighted by atomic mass is 10.2. The number of ether oxygens (including phenoxy) is 2. The van der Waals surface area contributed by atoms with Crippen LogP contribution in [0.25, 0.3) is 11.0 Å². The van der Waals surface area contributed by atoms with Gasteiger partial charge in [-0.2, -0.15) is 0 Å². The first-order valence-electron chi connectivity index (χ1n) is 10.1. The van der Waals surface area contributed by atoms with Crippen LogP contribution in [0.3, 0.4) is 0 Å². The Bertz CT molecular complexity index is 1120. The van der Waals surface area contributed by atoms with Gasteiger partial charge in [0.25, 0.3) is 0 Å². The maximum absolute atomic E-state index is 12.3. The van der Waals surface area contributed by atoms with Gasteiger partial charge in [0.2, 0.25) is 5.91 Å². The largest absolute Gasteiger partial charge is 0.497 e. The summed E-state index contributed by atoms with van der Waals surface area (Å²) in [5.74, 6) is 1.48. The average Bonchev–Trinajstić information content (AvgIpc) is 2.76. The fourth-order valence-corrected chi connectivity index (χ4v) is 3.47. The van der Waals surface area contributed by atoms with E-state index in [1.54, 1.807) is 49.6 Å². The summed E-state index contributed by atoms with van der Waals surface area (Å²) >= 11 is 0. The third kappa shape index (κ3) is 5.22. The number of benzene rings is 2. The summed E-state index contributed by atoms with van der Waals surface area (Å²) in [6, 6.07) is 13.5. The van der Waals surface area contributed by atoms with Gasteiger partial charge in [-0.3, -0.25) is 9.69 Å². The molecule has 1 amide bonds. The minimum Gasteiger partial charge on any atom is -0.497 e. The van der Waals surface area contributed by atoms with Crippen molar-refractivity contribution in [1.29, 1.82) is 0 Å². The molecular formula is C23H25N3O5. The van der Waals surface area contributed by atoms with Crippen LogP contribution in [0.5, 0.6) is 17.2 Å². The smallest absolute Gasteiger partial charge is 0.339 e. The van der Waals surface area contributed by atoms with Crippen LogP contribution in [0.2, 0.25) is 0 Å². The van der Waals surface area contributed by atoms with Crippen LogP contribution in [0, 0.1) is 0 Å². The predicted octanol–water partition coefficient (Wildman–Crippen LogP) is 2.78. The molecule has 0 atom stereocenters. The zero-order valence-electron chi connectivity index (χ0n) is 17.6. The van der Waals surface area contributed by atoms with Crippen molar-refractivity contribution >= 4 is 22.6 Å². The molecule has 0 bridgehead atoms. The minimum atomic E-state index is -0.511. The van der Waals surface area contributed by atoms with Crippen LogP contribution in [-0.4, -0.2) is 62.6 Å². The van der Waals surface area contributed by atoms with Crippen molar-refractivity contribution in [3.05, 3.63) is 59.0 Å². The summed E-state index contributed by atoms with van der Waals surface area (Å²) in [4.78, 5) is 28.6. The van der Waals surface area contributed by atoms with Crippen LogP contribution < -0.4 is 20.4 Å². The number of methoxy groups -OCH3 is 1. The number of rotatable bonds is 6. The van der Waals surface area contributed by atoms with Gasteiger partial charge in [0.15, 0.2) is 0 Å². The van der Waals surface area contributed by atoms with Crippen molar-refractivity contribution in [2.24, 2.45) is 0 Å². The topological polar surface area (TPSA) is 84.3 Å². The molecule has 1 aliphatic rings. The number of likely N-dealkylation sites (N-methyl/N-ethyl adjacent to an activating group) is 1. The number of piperazine rings is 1. The number of carbonyl (C=O) groups is 1. The summed E-state index contributed by atoms with van der Waals surface area (Å²) < 4.78 is 16.3. The molecule has 1 fully saturated rings. The quantitative estimate of drug-likeness (QED) is 0.611. The van der Waals surface area contributed by atoms with Gasteiger partial charge in [-0.1, -0.05) is 0 Å². The van der Waals surface area contributed by atoms with Crippen molar-refractivity contribution in [3.63, 3.8) is 0 Å². The van der Waals surface area contributed by atoms with E-state index >= 15 is 0 Å². The molecule has 0 spiro atoms. The summed E-state index contributed by atoms with van der Waals surface area (Å²) in [7, 11) is 3.63. The van der Waals surface area contributed by atoms with Crippen LogP contribution in [0.4, 0.5) is 5.69 Å². The lowest BCUT2D eigenvalue weighted by molar-refractivity contribution is -0.117. The van der Waals surface area contributed by atoms with E-state index in [1.807, 2.05) is 0 Å². The predicted molar refractivity (Wildman–Crippen MR) is 118 cm³/mol. The van der Waals surface area contributed by atoms with E-state index in [1.165, 1.54) is 6.07 Å². The second kappa shape index (κ2) is 9.20. The highest BCUT2D eigenvalue weighted by Crippen LogP contribution is 2.31. The molecule has 1 aliphatic heterocycles. The van der Waals surface area contributed by atoms with E-state index in [4.69, 9.17) is 13.9 Å². The van der Waals surface area contributed by atoms with Crippen molar-refractivity contribution < 1.29 is 18.7 Å². The second-order valence-corrected chi connectivity index (χ2v) is 7.55. The molecule has 0 aliphatic carbocycles. The molecule has 4 rings (SSSR count). The lowest BCUT2D eigenvalue weighted by Gasteiger charge is -2.31. The minimum absolute atomic E-state index is 0.0427. The molecule has 1 saturated heterocycles. The maximum Gasteiger partial charge on any atom is 0.339 e. The molecule has 2 aromatic carbocycles. The first kappa shape index (κ1) is 20.9. The highest BCUT2D eigenvalue weighted by molar-refractivity contribution is 5.92. The van der Waals surface area contributed by atoms with Crippen LogP contribution >= 0.6 is 0 Å². The Morgan fingerprint density at radius 1 is 1.03 bits per heavy atom. The molecule has 1 N–H and O–H groups in total. The number of fused-ring (bicyclic) bond motifs is 1.